The Morgan fingerprint density at radius 3 is 2.70 bits per heavy atom. The molecule has 0 unspecified atom stereocenters. The summed E-state index contributed by atoms with van der Waals surface area (Å²) in [6.45, 7) is 1.42. The van der Waals surface area contributed by atoms with Crippen LogP contribution in [-0.4, -0.2) is 15.5 Å². The Bertz CT molecular complexity index is 979. The fourth-order valence-corrected chi connectivity index (χ4v) is 2.64. The lowest BCUT2D eigenvalue weighted by Crippen LogP contribution is -2.21. The summed E-state index contributed by atoms with van der Waals surface area (Å²) in [6, 6.07) is 12.3. The van der Waals surface area contributed by atoms with Crippen molar-refractivity contribution in [3.63, 3.8) is 0 Å². The van der Waals surface area contributed by atoms with Crippen LogP contribution in [0.5, 0.6) is 0 Å². The van der Waals surface area contributed by atoms with E-state index < -0.39 is 0 Å². The number of carbonyl (C=O) groups excluding carboxylic acids is 1. The highest BCUT2D eigenvalue weighted by molar-refractivity contribution is 6.31. The predicted octanol–water partition coefficient (Wildman–Crippen LogP) is 3.21. The molecule has 1 heterocycles. The highest BCUT2D eigenvalue weighted by Gasteiger charge is 2.14. The Morgan fingerprint density at radius 1 is 1.22 bits per heavy atom. The van der Waals surface area contributed by atoms with Gasteiger partial charge in [-0.25, -0.2) is 4.98 Å². The number of nitrogens with one attached hydrogen (secondary N) is 1. The molecule has 3 aromatic rings. The van der Waals surface area contributed by atoms with Crippen molar-refractivity contribution in [3.8, 4) is 11.3 Å². The fourth-order valence-electron chi connectivity index (χ4n) is 2.47. The number of para-hydroxylation sites is 1. The maximum absolute atomic E-state index is 12.7. The first-order valence-electron chi connectivity index (χ1n) is 7.00. The molecule has 2 aromatic carbocycles. The third-order valence-electron chi connectivity index (χ3n) is 3.53. The van der Waals surface area contributed by atoms with E-state index in [0.717, 1.165) is 0 Å². The first kappa shape index (κ1) is 15.2. The van der Waals surface area contributed by atoms with Crippen LogP contribution in [0.25, 0.3) is 22.3 Å². The van der Waals surface area contributed by atoms with Crippen molar-refractivity contribution in [2.24, 2.45) is 7.05 Å². The number of amides is 1. The molecule has 116 valence electrons. The van der Waals surface area contributed by atoms with Crippen molar-refractivity contribution in [1.82, 2.24) is 9.55 Å². The van der Waals surface area contributed by atoms with E-state index in [4.69, 9.17) is 11.6 Å². The maximum atomic E-state index is 12.7. The molecule has 0 saturated heterocycles. The van der Waals surface area contributed by atoms with E-state index in [1.54, 1.807) is 49.5 Å². The lowest BCUT2D eigenvalue weighted by Gasteiger charge is -2.12. The number of benzene rings is 2. The van der Waals surface area contributed by atoms with Gasteiger partial charge in [0.1, 0.15) is 5.69 Å². The summed E-state index contributed by atoms with van der Waals surface area (Å²) >= 11 is 6.02. The third-order valence-corrected chi connectivity index (χ3v) is 3.77. The average molecular weight is 328 g/mol. The average Bonchev–Trinajstić information content (AvgIpc) is 2.51. The summed E-state index contributed by atoms with van der Waals surface area (Å²) in [5.74, 6) is -0.210. The summed E-state index contributed by atoms with van der Waals surface area (Å²) in [7, 11) is 1.69. The molecule has 23 heavy (non-hydrogen) atoms. The minimum absolute atomic E-state index is 0.210. The predicted molar refractivity (Wildman–Crippen MR) is 91.7 cm³/mol. The standard InChI is InChI=1S/C17H14ClN3O2/c1-10(22)19-13-6-4-3-5-12(13)16-17(23)21(2)15-8-7-11(18)9-14(15)20-16/h3-9H,1-2H3,(H,19,22). The molecule has 0 aliphatic rings. The van der Waals surface area contributed by atoms with E-state index in [9.17, 15) is 9.59 Å². The van der Waals surface area contributed by atoms with Crippen LogP contribution in [0.3, 0.4) is 0 Å². The highest BCUT2D eigenvalue weighted by Crippen LogP contribution is 2.26. The molecule has 6 heteroatoms. The minimum atomic E-state index is -0.238. The summed E-state index contributed by atoms with van der Waals surface area (Å²) in [5.41, 5.74) is 2.47. The highest BCUT2D eigenvalue weighted by atomic mass is 35.5. The molecule has 1 N–H and O–H groups in total. The molecule has 3 rings (SSSR count). The van der Waals surface area contributed by atoms with Gasteiger partial charge in [0.15, 0.2) is 0 Å². The molecule has 1 amide bonds. The van der Waals surface area contributed by atoms with Gasteiger partial charge in [-0.15, -0.1) is 0 Å². The van der Waals surface area contributed by atoms with Crippen LogP contribution in [0, 0.1) is 0 Å². The second-order valence-corrected chi connectivity index (χ2v) is 5.62. The van der Waals surface area contributed by atoms with Crippen LogP contribution >= 0.6 is 11.6 Å². The first-order valence-corrected chi connectivity index (χ1v) is 7.38. The first-order chi connectivity index (χ1) is 11.0. The van der Waals surface area contributed by atoms with Crippen LogP contribution in [0.15, 0.2) is 47.3 Å². The van der Waals surface area contributed by atoms with Gasteiger partial charge in [-0.1, -0.05) is 29.8 Å². The fraction of sp³-hybridized carbons (Fsp3) is 0.118. The number of rotatable bonds is 2. The Balaban J connectivity index is 2.31. The van der Waals surface area contributed by atoms with Crippen molar-refractivity contribution in [3.05, 3.63) is 57.8 Å². The van der Waals surface area contributed by atoms with Crippen LogP contribution < -0.4 is 10.9 Å². The smallest absolute Gasteiger partial charge is 0.277 e. The van der Waals surface area contributed by atoms with Crippen molar-refractivity contribution < 1.29 is 4.79 Å². The Labute approximate surface area is 137 Å². The van der Waals surface area contributed by atoms with Gasteiger partial charge < -0.3 is 9.88 Å². The minimum Gasteiger partial charge on any atom is -0.326 e. The van der Waals surface area contributed by atoms with Gasteiger partial charge in [-0.2, -0.15) is 0 Å². The molecular weight excluding hydrogens is 314 g/mol. The van der Waals surface area contributed by atoms with Gasteiger partial charge in [0.05, 0.1) is 16.7 Å². The van der Waals surface area contributed by atoms with E-state index in [1.807, 2.05) is 0 Å². The normalized spacial score (nSPS) is 10.7. The quantitative estimate of drug-likeness (QED) is 0.786. The number of nitrogens with zero attached hydrogens (tertiary/aromatic N) is 2. The topological polar surface area (TPSA) is 64.0 Å². The number of hydrogen-bond donors (Lipinski definition) is 1. The number of aromatic nitrogens is 2. The summed E-state index contributed by atoms with van der Waals surface area (Å²) in [6.07, 6.45) is 0. The second-order valence-electron chi connectivity index (χ2n) is 5.18. The van der Waals surface area contributed by atoms with Crippen molar-refractivity contribution in [1.29, 1.82) is 0 Å². The molecule has 0 spiro atoms. The van der Waals surface area contributed by atoms with Gasteiger partial charge in [-0.3, -0.25) is 9.59 Å². The van der Waals surface area contributed by atoms with E-state index in [1.165, 1.54) is 11.5 Å². The van der Waals surface area contributed by atoms with Crippen LogP contribution in [-0.2, 0) is 11.8 Å². The summed E-state index contributed by atoms with van der Waals surface area (Å²) in [5, 5.41) is 3.27. The molecule has 5 nitrogen and oxygen atoms in total. The van der Waals surface area contributed by atoms with Crippen LogP contribution in [0.1, 0.15) is 6.92 Å². The second kappa shape index (κ2) is 5.85. The Hall–Kier alpha value is -2.66. The van der Waals surface area contributed by atoms with Crippen molar-refractivity contribution in [2.45, 2.75) is 6.92 Å². The monoisotopic (exact) mass is 327 g/mol. The van der Waals surface area contributed by atoms with Crippen molar-refractivity contribution >= 4 is 34.2 Å². The van der Waals surface area contributed by atoms with E-state index in [0.29, 0.717) is 27.3 Å². The molecule has 0 radical (unpaired) electrons. The third kappa shape index (κ3) is 2.83. The van der Waals surface area contributed by atoms with Crippen molar-refractivity contribution in [2.75, 3.05) is 5.32 Å². The van der Waals surface area contributed by atoms with Gasteiger partial charge in [0.2, 0.25) is 5.91 Å². The van der Waals surface area contributed by atoms with Crippen LogP contribution in [0.4, 0.5) is 5.69 Å². The Morgan fingerprint density at radius 2 is 1.96 bits per heavy atom. The maximum Gasteiger partial charge on any atom is 0.277 e. The molecular formula is C17H14ClN3O2. The molecule has 0 atom stereocenters. The van der Waals surface area contributed by atoms with Gasteiger partial charge >= 0.3 is 0 Å². The molecule has 0 aliphatic carbocycles. The molecule has 0 aliphatic heterocycles. The summed E-state index contributed by atoms with van der Waals surface area (Å²) < 4.78 is 1.53. The number of aryl methyl sites for hydroxylation is 1. The molecule has 0 bridgehead atoms. The van der Waals surface area contributed by atoms with Gasteiger partial charge in [0, 0.05) is 24.6 Å². The number of fused-ring (bicyclic) bond motifs is 1. The van der Waals surface area contributed by atoms with Crippen LogP contribution in [0.2, 0.25) is 5.02 Å². The van der Waals surface area contributed by atoms with E-state index in [2.05, 4.69) is 10.3 Å². The Kier molecular flexibility index (Phi) is 3.88. The number of anilines is 1. The SMILES string of the molecule is CC(=O)Nc1ccccc1-c1nc2cc(Cl)ccc2n(C)c1=O. The zero-order valence-electron chi connectivity index (χ0n) is 12.6. The molecule has 0 saturated carbocycles. The zero-order valence-corrected chi connectivity index (χ0v) is 13.4. The lowest BCUT2D eigenvalue weighted by atomic mass is 10.1. The zero-order chi connectivity index (χ0) is 16.6. The summed E-state index contributed by atoms with van der Waals surface area (Å²) in [4.78, 5) is 28.5. The molecule has 1 aromatic heterocycles. The largest absolute Gasteiger partial charge is 0.326 e. The van der Waals surface area contributed by atoms with Gasteiger partial charge in [-0.05, 0) is 24.3 Å². The van der Waals surface area contributed by atoms with E-state index >= 15 is 0 Å². The number of hydrogen-bond acceptors (Lipinski definition) is 3. The number of halogens is 1. The van der Waals surface area contributed by atoms with E-state index in [-0.39, 0.29) is 17.2 Å². The number of carbonyl (C=O) groups is 1. The lowest BCUT2D eigenvalue weighted by molar-refractivity contribution is -0.114. The van der Waals surface area contributed by atoms with Gasteiger partial charge in [0.25, 0.3) is 5.56 Å². The molecule has 0 fully saturated rings.